The first-order valence-corrected chi connectivity index (χ1v) is 12.3. The first-order valence-electron chi connectivity index (χ1n) is 9.24. The van der Waals surface area contributed by atoms with E-state index in [4.69, 9.17) is 0 Å². The number of hydrogen-bond acceptors (Lipinski definition) is 7. The fourth-order valence-electron chi connectivity index (χ4n) is 2.79. The van der Waals surface area contributed by atoms with Gasteiger partial charge >= 0.3 is 0 Å². The Labute approximate surface area is 191 Å². The maximum Gasteiger partial charge on any atom is 0.276 e. The largest absolute Gasteiger partial charge is 0.295 e. The van der Waals surface area contributed by atoms with E-state index < -0.39 is 0 Å². The number of amides is 1. The van der Waals surface area contributed by atoms with E-state index in [1.807, 2.05) is 6.26 Å². The number of anilines is 1. The van der Waals surface area contributed by atoms with Crippen LogP contribution in [0.15, 0.2) is 64.2 Å². The maximum atomic E-state index is 13.3. The number of halogens is 1. The number of carbonyl (C=O) groups is 1. The minimum Gasteiger partial charge on any atom is -0.295 e. The van der Waals surface area contributed by atoms with E-state index in [9.17, 15) is 9.18 Å². The summed E-state index contributed by atoms with van der Waals surface area (Å²) in [5.41, 5.74) is 3.41. The van der Waals surface area contributed by atoms with Crippen LogP contribution >= 0.6 is 34.9 Å². The van der Waals surface area contributed by atoms with Crippen molar-refractivity contribution in [3.8, 4) is 5.69 Å². The van der Waals surface area contributed by atoms with Crippen molar-refractivity contribution < 1.29 is 9.18 Å². The molecule has 6 nitrogen and oxygen atoms in total. The van der Waals surface area contributed by atoms with Gasteiger partial charge in [0, 0.05) is 11.4 Å². The van der Waals surface area contributed by atoms with Gasteiger partial charge in [-0.05, 0) is 43.0 Å². The first-order chi connectivity index (χ1) is 15.0. The first kappa shape index (κ1) is 21.5. The molecule has 0 saturated carbocycles. The molecule has 31 heavy (non-hydrogen) atoms. The van der Waals surface area contributed by atoms with Crippen LogP contribution in [0.4, 0.5) is 9.52 Å². The molecule has 1 N–H and O–H groups in total. The van der Waals surface area contributed by atoms with Crippen molar-refractivity contribution >= 4 is 45.9 Å². The Kier molecular flexibility index (Phi) is 6.69. The molecule has 0 atom stereocenters. The number of thioether (sulfide) groups is 2. The molecule has 2 aromatic heterocycles. The number of hydrogen-bond donors (Lipinski definition) is 1. The van der Waals surface area contributed by atoms with Gasteiger partial charge in [0.05, 0.1) is 6.20 Å². The van der Waals surface area contributed by atoms with Gasteiger partial charge in [-0.1, -0.05) is 64.7 Å². The van der Waals surface area contributed by atoms with Crippen LogP contribution in [0.1, 0.15) is 21.6 Å². The van der Waals surface area contributed by atoms with Crippen molar-refractivity contribution in [2.24, 2.45) is 0 Å². The molecule has 0 saturated heterocycles. The summed E-state index contributed by atoms with van der Waals surface area (Å²) in [4.78, 5) is 17.2. The van der Waals surface area contributed by atoms with E-state index in [0.717, 1.165) is 10.1 Å². The van der Waals surface area contributed by atoms with Crippen LogP contribution in [0.3, 0.4) is 0 Å². The van der Waals surface area contributed by atoms with Crippen LogP contribution in [-0.2, 0) is 5.75 Å². The highest BCUT2D eigenvalue weighted by Gasteiger charge is 2.19. The second-order valence-electron chi connectivity index (χ2n) is 6.54. The van der Waals surface area contributed by atoms with E-state index in [1.165, 1.54) is 52.6 Å². The van der Waals surface area contributed by atoms with Gasteiger partial charge in [-0.15, -0.1) is 10.2 Å². The van der Waals surface area contributed by atoms with Crippen molar-refractivity contribution in [3.63, 3.8) is 0 Å². The van der Waals surface area contributed by atoms with Crippen LogP contribution in [0.2, 0.25) is 0 Å². The highest BCUT2D eigenvalue weighted by Crippen LogP contribution is 2.29. The number of carbonyl (C=O) groups excluding carboxylic acids is 1. The van der Waals surface area contributed by atoms with Crippen molar-refractivity contribution in [1.29, 1.82) is 0 Å². The molecule has 158 valence electrons. The molecule has 4 aromatic rings. The van der Waals surface area contributed by atoms with Gasteiger partial charge in [0.1, 0.15) is 11.5 Å². The number of aromatic nitrogens is 4. The van der Waals surface area contributed by atoms with Crippen LogP contribution < -0.4 is 5.32 Å². The summed E-state index contributed by atoms with van der Waals surface area (Å²) in [6, 6.07) is 14.3. The summed E-state index contributed by atoms with van der Waals surface area (Å²) in [5, 5.41) is 12.1. The van der Waals surface area contributed by atoms with Gasteiger partial charge in [-0.3, -0.25) is 14.7 Å². The highest BCUT2D eigenvalue weighted by molar-refractivity contribution is 8.00. The lowest BCUT2D eigenvalue weighted by Gasteiger charge is -2.10. The molecule has 0 bridgehead atoms. The van der Waals surface area contributed by atoms with Crippen molar-refractivity contribution in [1.82, 2.24) is 19.7 Å². The molecule has 0 aliphatic rings. The third kappa shape index (κ3) is 5.15. The van der Waals surface area contributed by atoms with Crippen molar-refractivity contribution in [2.75, 3.05) is 11.6 Å². The monoisotopic (exact) mass is 471 g/mol. The van der Waals surface area contributed by atoms with E-state index in [0.29, 0.717) is 21.7 Å². The second kappa shape index (κ2) is 9.63. The molecule has 2 aromatic carbocycles. The third-order valence-electron chi connectivity index (χ3n) is 4.34. The standard InChI is InChI=1S/C21H18FN5OS3/c1-13-3-5-14(6-4-13)12-30-21-26-25-19(31-21)24-18(28)17-11-23-20(29-2)27(17)16-9-7-15(22)8-10-16/h3-11H,12H2,1-2H3,(H,24,25,28). The normalized spacial score (nSPS) is 10.9. The molecular weight excluding hydrogens is 453 g/mol. The molecular formula is C21H18FN5OS3. The smallest absolute Gasteiger partial charge is 0.276 e. The van der Waals surface area contributed by atoms with E-state index in [-0.39, 0.29) is 11.7 Å². The summed E-state index contributed by atoms with van der Waals surface area (Å²) >= 11 is 4.29. The highest BCUT2D eigenvalue weighted by atomic mass is 32.2. The van der Waals surface area contributed by atoms with Gasteiger partial charge in [-0.25, -0.2) is 9.37 Å². The third-order valence-corrected chi connectivity index (χ3v) is 7.04. The predicted octanol–water partition coefficient (Wildman–Crippen LogP) is 5.44. The van der Waals surface area contributed by atoms with Crippen molar-refractivity contribution in [2.45, 2.75) is 22.2 Å². The van der Waals surface area contributed by atoms with Gasteiger partial charge in [0.25, 0.3) is 5.91 Å². The lowest BCUT2D eigenvalue weighted by atomic mass is 10.2. The van der Waals surface area contributed by atoms with E-state index in [1.54, 1.807) is 28.5 Å². The number of benzene rings is 2. The Balaban J connectivity index is 1.47. The minimum atomic E-state index is -0.358. The fraction of sp³-hybridized carbons (Fsp3) is 0.143. The Morgan fingerprint density at radius 2 is 1.87 bits per heavy atom. The molecule has 0 fully saturated rings. The van der Waals surface area contributed by atoms with Gasteiger partial charge in [-0.2, -0.15) is 0 Å². The summed E-state index contributed by atoms with van der Waals surface area (Å²) in [6.45, 7) is 2.06. The number of aryl methyl sites for hydroxylation is 1. The lowest BCUT2D eigenvalue weighted by molar-refractivity contribution is 0.102. The molecule has 0 unspecified atom stereocenters. The van der Waals surface area contributed by atoms with Crippen LogP contribution in [0, 0.1) is 12.7 Å². The van der Waals surface area contributed by atoms with E-state index in [2.05, 4.69) is 51.7 Å². The summed E-state index contributed by atoms with van der Waals surface area (Å²) in [7, 11) is 0. The van der Waals surface area contributed by atoms with Crippen LogP contribution in [-0.4, -0.2) is 31.9 Å². The van der Waals surface area contributed by atoms with Gasteiger partial charge in [0.15, 0.2) is 9.50 Å². The predicted molar refractivity (Wildman–Crippen MR) is 124 cm³/mol. The zero-order valence-electron chi connectivity index (χ0n) is 16.7. The summed E-state index contributed by atoms with van der Waals surface area (Å²) in [5.74, 6) is 0.0746. The minimum absolute atomic E-state index is 0.333. The Hall–Kier alpha value is -2.69. The Bertz CT molecular complexity index is 1190. The van der Waals surface area contributed by atoms with Gasteiger partial charge < -0.3 is 0 Å². The molecule has 1 amide bonds. The maximum absolute atomic E-state index is 13.3. The molecule has 0 spiro atoms. The molecule has 0 aliphatic carbocycles. The number of nitrogens with one attached hydrogen (secondary N) is 1. The topological polar surface area (TPSA) is 72.7 Å². The van der Waals surface area contributed by atoms with Gasteiger partial charge in [0.2, 0.25) is 5.13 Å². The number of nitrogens with zero attached hydrogens (tertiary/aromatic N) is 4. The number of imidazole rings is 1. The zero-order chi connectivity index (χ0) is 21.8. The summed E-state index contributed by atoms with van der Waals surface area (Å²) < 4.78 is 15.8. The molecule has 4 rings (SSSR count). The second-order valence-corrected chi connectivity index (χ2v) is 9.52. The summed E-state index contributed by atoms with van der Waals surface area (Å²) in [6.07, 6.45) is 3.37. The SMILES string of the molecule is CSc1ncc(C(=O)Nc2nnc(SCc3ccc(C)cc3)s2)n1-c1ccc(F)cc1. The van der Waals surface area contributed by atoms with Crippen LogP contribution in [0.5, 0.6) is 0 Å². The van der Waals surface area contributed by atoms with Crippen molar-refractivity contribution in [3.05, 3.63) is 77.4 Å². The average molecular weight is 472 g/mol. The molecule has 0 radical (unpaired) electrons. The Morgan fingerprint density at radius 3 is 2.58 bits per heavy atom. The fourth-order valence-corrected chi connectivity index (χ4v) is 5.04. The Morgan fingerprint density at radius 1 is 1.13 bits per heavy atom. The zero-order valence-corrected chi connectivity index (χ0v) is 19.2. The molecule has 10 heteroatoms. The molecule has 0 aliphatic heterocycles. The lowest BCUT2D eigenvalue weighted by Crippen LogP contribution is -2.16. The number of rotatable bonds is 7. The molecule has 2 heterocycles. The van der Waals surface area contributed by atoms with E-state index >= 15 is 0 Å². The quantitative estimate of drug-likeness (QED) is 0.286. The average Bonchev–Trinajstić information content (AvgIpc) is 3.40. The van der Waals surface area contributed by atoms with Crippen LogP contribution in [0.25, 0.3) is 5.69 Å².